The van der Waals surface area contributed by atoms with Crippen LogP contribution >= 0.6 is 22.7 Å². The lowest BCUT2D eigenvalue weighted by atomic mass is 9.88. The largest absolute Gasteiger partial charge is 0.465 e. The van der Waals surface area contributed by atoms with Gasteiger partial charge in [-0.1, -0.05) is 18.3 Å². The molecule has 2 heterocycles. The zero-order valence-electron chi connectivity index (χ0n) is 17.1. The maximum atomic E-state index is 13.2. The molecule has 31 heavy (non-hydrogen) atoms. The van der Waals surface area contributed by atoms with Crippen LogP contribution in [0, 0.1) is 11.7 Å². The molecule has 0 saturated heterocycles. The Bertz CT molecular complexity index is 1190. The zero-order valence-corrected chi connectivity index (χ0v) is 18.7. The second-order valence-corrected chi connectivity index (χ2v) is 9.50. The Morgan fingerprint density at radius 2 is 2.03 bits per heavy atom. The Kier molecular flexibility index (Phi) is 6.06. The summed E-state index contributed by atoms with van der Waals surface area (Å²) >= 11 is 2.37. The van der Waals surface area contributed by atoms with Crippen LogP contribution in [0.2, 0.25) is 0 Å². The number of fused-ring (bicyclic) bond motifs is 1. The van der Waals surface area contributed by atoms with Crippen molar-refractivity contribution in [1.29, 1.82) is 0 Å². The van der Waals surface area contributed by atoms with Crippen LogP contribution in [-0.4, -0.2) is 23.6 Å². The van der Waals surface area contributed by atoms with Gasteiger partial charge in [0.15, 0.2) is 0 Å². The summed E-state index contributed by atoms with van der Waals surface area (Å²) in [5, 5.41) is 4.92. The minimum Gasteiger partial charge on any atom is -0.465 e. The second kappa shape index (κ2) is 8.76. The van der Waals surface area contributed by atoms with Crippen LogP contribution in [0.5, 0.6) is 0 Å². The van der Waals surface area contributed by atoms with Crippen LogP contribution in [0.15, 0.2) is 34.4 Å². The van der Waals surface area contributed by atoms with Crippen LogP contribution < -0.4 is 10.2 Å². The highest BCUT2D eigenvalue weighted by molar-refractivity contribution is 7.17. The first-order chi connectivity index (χ1) is 14.9. The molecule has 3 aromatic rings. The number of hydrogen-bond donors (Lipinski definition) is 1. The average Bonchev–Trinajstić information content (AvgIpc) is 3.27. The van der Waals surface area contributed by atoms with E-state index in [0.29, 0.717) is 27.7 Å². The van der Waals surface area contributed by atoms with E-state index in [0.717, 1.165) is 41.0 Å². The van der Waals surface area contributed by atoms with Crippen molar-refractivity contribution in [3.05, 3.63) is 61.1 Å². The molecule has 0 fully saturated rings. The first-order valence-electron chi connectivity index (χ1n) is 9.84. The summed E-state index contributed by atoms with van der Waals surface area (Å²) in [7, 11) is 1.32. The van der Waals surface area contributed by atoms with Crippen molar-refractivity contribution in [3.8, 4) is 11.3 Å². The van der Waals surface area contributed by atoms with Gasteiger partial charge in [-0.25, -0.2) is 9.18 Å². The Labute approximate surface area is 186 Å². The highest BCUT2D eigenvalue weighted by Gasteiger charge is 2.29. The first-order valence-corrected chi connectivity index (χ1v) is 11.5. The van der Waals surface area contributed by atoms with Crippen molar-refractivity contribution >= 4 is 39.6 Å². The quantitative estimate of drug-likeness (QED) is 0.575. The molecule has 1 aliphatic rings. The zero-order chi connectivity index (χ0) is 22.1. The third kappa shape index (κ3) is 4.33. The Morgan fingerprint density at radius 1 is 1.29 bits per heavy atom. The van der Waals surface area contributed by atoms with Gasteiger partial charge in [0.25, 0.3) is 0 Å². The summed E-state index contributed by atoms with van der Waals surface area (Å²) in [6.07, 6.45) is 2.61. The molecule has 0 aliphatic heterocycles. The predicted octanol–water partition coefficient (Wildman–Crippen LogP) is 4.33. The Morgan fingerprint density at radius 3 is 2.74 bits per heavy atom. The number of benzene rings is 1. The number of thiophene rings is 1. The van der Waals surface area contributed by atoms with Gasteiger partial charge in [0.1, 0.15) is 17.4 Å². The number of hydrogen-bond acceptors (Lipinski definition) is 6. The fourth-order valence-electron chi connectivity index (χ4n) is 3.79. The van der Waals surface area contributed by atoms with Crippen molar-refractivity contribution in [2.75, 3.05) is 12.4 Å². The van der Waals surface area contributed by atoms with Gasteiger partial charge in [-0.3, -0.25) is 14.2 Å². The van der Waals surface area contributed by atoms with Gasteiger partial charge in [-0.15, -0.1) is 11.3 Å². The molecular weight excluding hydrogens is 439 g/mol. The normalized spacial score (nSPS) is 15.4. The summed E-state index contributed by atoms with van der Waals surface area (Å²) in [6.45, 7) is 1.95. The Balaban J connectivity index is 1.61. The van der Waals surface area contributed by atoms with Crippen LogP contribution in [0.3, 0.4) is 0 Å². The van der Waals surface area contributed by atoms with Crippen molar-refractivity contribution in [2.45, 2.75) is 32.7 Å². The molecule has 0 saturated carbocycles. The molecule has 9 heteroatoms. The summed E-state index contributed by atoms with van der Waals surface area (Å²) in [6, 6.07) is 5.74. The van der Waals surface area contributed by atoms with E-state index in [4.69, 9.17) is 4.74 Å². The lowest BCUT2D eigenvalue weighted by Gasteiger charge is -2.18. The fraction of sp³-hybridized carbons (Fsp3) is 0.318. The van der Waals surface area contributed by atoms with E-state index < -0.39 is 11.9 Å². The summed E-state index contributed by atoms with van der Waals surface area (Å²) < 4.78 is 19.5. The molecule has 1 N–H and O–H groups in total. The molecule has 1 atom stereocenters. The number of carbonyl (C=O) groups excluding carboxylic acids is 2. The summed E-state index contributed by atoms with van der Waals surface area (Å²) in [4.78, 5) is 38.4. The molecule has 1 aromatic carbocycles. The van der Waals surface area contributed by atoms with E-state index in [1.54, 1.807) is 17.5 Å². The molecule has 0 unspecified atom stereocenters. The smallest absolute Gasteiger partial charge is 0.341 e. The summed E-state index contributed by atoms with van der Waals surface area (Å²) in [5.41, 5.74) is 2.55. The van der Waals surface area contributed by atoms with Crippen molar-refractivity contribution in [1.82, 2.24) is 4.57 Å². The highest BCUT2D eigenvalue weighted by Crippen LogP contribution is 2.40. The molecular formula is C22H21FN2O4S2. The highest BCUT2D eigenvalue weighted by atomic mass is 32.1. The number of halogens is 1. The van der Waals surface area contributed by atoms with Crippen molar-refractivity contribution in [2.24, 2.45) is 5.92 Å². The molecule has 162 valence electrons. The molecule has 2 aromatic heterocycles. The number of rotatable bonds is 5. The number of thiazole rings is 1. The van der Waals surface area contributed by atoms with Gasteiger partial charge in [0.05, 0.1) is 18.4 Å². The van der Waals surface area contributed by atoms with E-state index >= 15 is 0 Å². The van der Waals surface area contributed by atoms with E-state index in [-0.39, 0.29) is 17.2 Å². The Hall–Kier alpha value is -2.78. The monoisotopic (exact) mass is 460 g/mol. The number of nitrogens with zero attached hydrogens (tertiary/aromatic N) is 1. The van der Waals surface area contributed by atoms with E-state index in [1.807, 2.05) is 0 Å². The number of amides is 1. The number of anilines is 1. The molecule has 1 aliphatic carbocycles. The topological polar surface area (TPSA) is 77.4 Å². The van der Waals surface area contributed by atoms with E-state index in [1.165, 1.54) is 35.1 Å². The lowest BCUT2D eigenvalue weighted by Crippen LogP contribution is -2.25. The third-order valence-corrected chi connectivity index (χ3v) is 7.31. The molecule has 0 spiro atoms. The minimum atomic E-state index is -0.470. The first kappa shape index (κ1) is 21.5. The van der Waals surface area contributed by atoms with Gasteiger partial charge in [0.2, 0.25) is 5.91 Å². The number of methoxy groups -OCH3 is 1. The second-order valence-electron chi connectivity index (χ2n) is 7.58. The molecule has 1 amide bonds. The van der Waals surface area contributed by atoms with Crippen LogP contribution in [0.25, 0.3) is 11.3 Å². The maximum Gasteiger partial charge on any atom is 0.341 e. The molecule has 4 rings (SSSR count). The predicted molar refractivity (Wildman–Crippen MR) is 119 cm³/mol. The molecule has 6 nitrogen and oxygen atoms in total. The maximum absolute atomic E-state index is 13.2. The average molecular weight is 461 g/mol. The molecule has 0 bridgehead atoms. The van der Waals surface area contributed by atoms with Gasteiger partial charge < -0.3 is 10.1 Å². The number of aromatic nitrogens is 1. The van der Waals surface area contributed by atoms with E-state index in [2.05, 4.69) is 12.2 Å². The third-order valence-electron chi connectivity index (χ3n) is 5.38. The van der Waals surface area contributed by atoms with Crippen LogP contribution in [0.1, 0.15) is 34.1 Å². The number of nitrogens with one attached hydrogen (secondary N) is 1. The number of carbonyl (C=O) groups is 2. The van der Waals surface area contributed by atoms with Gasteiger partial charge in [0, 0.05) is 10.3 Å². The standard InChI is InChI=1S/C22H21FN2O4S2/c1-12-3-8-15-17(9-12)31-20(19(15)21(27)29-2)24-18(26)10-25-16(11-30-22(25)28)13-4-6-14(23)7-5-13/h4-7,11-12H,3,8-10H2,1-2H3,(H,24,26)/t12-/m1/s1. The molecule has 0 radical (unpaired) electrons. The van der Waals surface area contributed by atoms with Gasteiger partial charge >= 0.3 is 10.8 Å². The van der Waals surface area contributed by atoms with Gasteiger partial charge in [-0.05, 0) is 60.6 Å². The van der Waals surface area contributed by atoms with Crippen molar-refractivity contribution < 1.29 is 18.7 Å². The van der Waals surface area contributed by atoms with Crippen LogP contribution in [-0.2, 0) is 28.9 Å². The van der Waals surface area contributed by atoms with Crippen molar-refractivity contribution in [3.63, 3.8) is 0 Å². The SMILES string of the molecule is COC(=O)c1c(NC(=O)Cn2c(-c3ccc(F)cc3)csc2=O)sc2c1CC[C@@H](C)C2. The number of ether oxygens (including phenoxy) is 1. The fourth-order valence-corrected chi connectivity index (χ4v) is 5.97. The lowest BCUT2D eigenvalue weighted by molar-refractivity contribution is -0.116. The number of esters is 1. The summed E-state index contributed by atoms with van der Waals surface area (Å²) in [5.74, 6) is -0.748. The van der Waals surface area contributed by atoms with E-state index in [9.17, 15) is 18.8 Å². The van der Waals surface area contributed by atoms with Gasteiger partial charge in [-0.2, -0.15) is 0 Å². The van der Waals surface area contributed by atoms with Crippen LogP contribution in [0.4, 0.5) is 9.39 Å². The minimum absolute atomic E-state index is 0.214.